The molecule has 1 aromatic heterocycles. The lowest BCUT2D eigenvalue weighted by Gasteiger charge is -2.35. The van der Waals surface area contributed by atoms with Crippen LogP contribution in [0.15, 0.2) is 22.8 Å². The van der Waals surface area contributed by atoms with Gasteiger partial charge in [0.05, 0.1) is 12.8 Å². The molecule has 0 aromatic carbocycles. The summed E-state index contributed by atoms with van der Waals surface area (Å²) in [5.74, 6) is 0.383. The van der Waals surface area contributed by atoms with Crippen molar-refractivity contribution in [2.45, 2.75) is 32.7 Å². The molecule has 6 heteroatoms. The van der Waals surface area contributed by atoms with Crippen molar-refractivity contribution in [3.05, 3.63) is 24.2 Å². The second-order valence-electron chi connectivity index (χ2n) is 5.63. The molecule has 0 spiro atoms. The molecule has 1 aromatic rings. The monoisotopic (exact) mass is 307 g/mol. The van der Waals surface area contributed by atoms with E-state index < -0.39 is 0 Å². The summed E-state index contributed by atoms with van der Waals surface area (Å²) in [5, 5.41) is 3.05. The van der Waals surface area contributed by atoms with Gasteiger partial charge < -0.3 is 14.6 Å². The highest BCUT2D eigenvalue weighted by molar-refractivity contribution is 5.95. The van der Waals surface area contributed by atoms with Crippen molar-refractivity contribution in [2.24, 2.45) is 0 Å². The molecule has 0 atom stereocenters. The minimum Gasteiger partial charge on any atom is -0.461 e. The van der Waals surface area contributed by atoms with Crippen LogP contribution in [0.3, 0.4) is 0 Å². The van der Waals surface area contributed by atoms with Crippen LogP contribution in [0.5, 0.6) is 0 Å². The van der Waals surface area contributed by atoms with Gasteiger partial charge >= 0.3 is 6.03 Å². The van der Waals surface area contributed by atoms with Crippen LogP contribution in [-0.2, 0) is 0 Å². The molecule has 1 fully saturated rings. The first-order valence-electron chi connectivity index (χ1n) is 7.98. The van der Waals surface area contributed by atoms with E-state index in [-0.39, 0.29) is 17.9 Å². The van der Waals surface area contributed by atoms with Gasteiger partial charge in [0.2, 0.25) is 5.78 Å². The van der Waals surface area contributed by atoms with Crippen LogP contribution in [0, 0.1) is 0 Å². The highest BCUT2D eigenvalue weighted by Gasteiger charge is 2.24. The first-order valence-corrected chi connectivity index (χ1v) is 7.98. The molecular weight excluding hydrogens is 282 g/mol. The Bertz CT molecular complexity index is 475. The molecule has 0 radical (unpaired) electrons. The Labute approximate surface area is 131 Å². The Kier molecular flexibility index (Phi) is 6.00. The quantitative estimate of drug-likeness (QED) is 0.816. The molecule has 22 heavy (non-hydrogen) atoms. The summed E-state index contributed by atoms with van der Waals surface area (Å²) in [4.78, 5) is 28.0. The third-order valence-corrected chi connectivity index (χ3v) is 4.14. The molecule has 6 nitrogen and oxygen atoms in total. The third kappa shape index (κ3) is 4.34. The Morgan fingerprint density at radius 1 is 1.23 bits per heavy atom. The number of furan rings is 1. The van der Waals surface area contributed by atoms with Crippen molar-refractivity contribution in [2.75, 3.05) is 32.7 Å². The van der Waals surface area contributed by atoms with Crippen LogP contribution in [0.2, 0.25) is 0 Å². The molecule has 0 saturated carbocycles. The Balaban J connectivity index is 1.75. The van der Waals surface area contributed by atoms with Gasteiger partial charge in [-0.2, -0.15) is 0 Å². The highest BCUT2D eigenvalue weighted by Crippen LogP contribution is 2.07. The fourth-order valence-corrected chi connectivity index (χ4v) is 2.59. The SMILES string of the molecule is CCC(CC)NC(=O)N1CCN(CC(=O)c2ccco2)CC1. The predicted molar refractivity (Wildman–Crippen MR) is 84.0 cm³/mol. The van der Waals surface area contributed by atoms with Gasteiger partial charge in [-0.25, -0.2) is 4.79 Å². The van der Waals surface area contributed by atoms with Crippen molar-refractivity contribution >= 4 is 11.8 Å². The Morgan fingerprint density at radius 3 is 2.45 bits per heavy atom. The van der Waals surface area contributed by atoms with Crippen molar-refractivity contribution < 1.29 is 14.0 Å². The van der Waals surface area contributed by atoms with E-state index in [1.54, 1.807) is 12.1 Å². The smallest absolute Gasteiger partial charge is 0.317 e. The number of ketones is 1. The third-order valence-electron chi connectivity index (χ3n) is 4.14. The molecule has 1 aliphatic heterocycles. The van der Waals surface area contributed by atoms with Crippen LogP contribution < -0.4 is 5.32 Å². The van der Waals surface area contributed by atoms with E-state index in [4.69, 9.17) is 4.42 Å². The topological polar surface area (TPSA) is 65.8 Å². The van der Waals surface area contributed by atoms with Crippen LogP contribution in [0.4, 0.5) is 4.79 Å². The number of amides is 2. The second kappa shape index (κ2) is 7.98. The zero-order valence-electron chi connectivity index (χ0n) is 13.4. The van der Waals surface area contributed by atoms with Gasteiger partial charge in [-0.15, -0.1) is 0 Å². The van der Waals surface area contributed by atoms with Crippen molar-refractivity contribution in [3.8, 4) is 0 Å². The molecule has 122 valence electrons. The van der Waals surface area contributed by atoms with Gasteiger partial charge in [0.15, 0.2) is 5.76 Å². The maximum atomic E-state index is 12.2. The van der Waals surface area contributed by atoms with Gasteiger partial charge in [-0.1, -0.05) is 13.8 Å². The van der Waals surface area contributed by atoms with Crippen LogP contribution >= 0.6 is 0 Å². The molecule has 2 heterocycles. The molecule has 2 amide bonds. The number of carbonyl (C=O) groups excluding carboxylic acids is 2. The summed E-state index contributed by atoms with van der Waals surface area (Å²) >= 11 is 0. The first kappa shape index (κ1) is 16.5. The molecule has 1 saturated heterocycles. The van der Waals surface area contributed by atoms with Crippen molar-refractivity contribution in [3.63, 3.8) is 0 Å². The summed E-state index contributed by atoms with van der Waals surface area (Å²) in [6.45, 7) is 7.22. The van der Waals surface area contributed by atoms with Gasteiger partial charge in [0.25, 0.3) is 0 Å². The lowest BCUT2D eigenvalue weighted by molar-refractivity contribution is 0.0851. The van der Waals surface area contributed by atoms with E-state index in [0.717, 1.165) is 12.8 Å². The van der Waals surface area contributed by atoms with Gasteiger partial charge in [-0.3, -0.25) is 9.69 Å². The first-order chi connectivity index (χ1) is 10.6. The predicted octanol–water partition coefficient (Wildman–Crippen LogP) is 1.98. The average molecular weight is 307 g/mol. The standard InChI is InChI=1S/C16H25N3O3/c1-3-13(4-2)17-16(21)19-9-7-18(8-10-19)12-14(20)15-6-5-11-22-15/h5-6,11,13H,3-4,7-10,12H2,1-2H3,(H,17,21). The average Bonchev–Trinajstić information content (AvgIpc) is 3.07. The molecule has 0 aliphatic carbocycles. The van der Waals surface area contributed by atoms with Gasteiger partial charge in [0, 0.05) is 32.2 Å². The summed E-state index contributed by atoms with van der Waals surface area (Å²) in [6, 6.07) is 3.64. The maximum absolute atomic E-state index is 12.2. The number of carbonyl (C=O) groups is 2. The number of hydrogen-bond acceptors (Lipinski definition) is 4. The lowest BCUT2D eigenvalue weighted by atomic mass is 10.2. The normalized spacial score (nSPS) is 16.0. The maximum Gasteiger partial charge on any atom is 0.317 e. The molecule has 0 bridgehead atoms. The summed E-state index contributed by atoms with van der Waals surface area (Å²) < 4.78 is 5.11. The second-order valence-corrected chi connectivity index (χ2v) is 5.63. The molecule has 2 rings (SSSR count). The summed E-state index contributed by atoms with van der Waals surface area (Å²) in [6.07, 6.45) is 3.40. The van der Waals surface area contributed by atoms with Gasteiger partial charge in [-0.05, 0) is 25.0 Å². The zero-order valence-corrected chi connectivity index (χ0v) is 13.4. The number of nitrogens with zero attached hydrogens (tertiary/aromatic N) is 2. The van der Waals surface area contributed by atoms with Crippen LogP contribution in [-0.4, -0.2) is 60.4 Å². The number of rotatable bonds is 6. The van der Waals surface area contributed by atoms with E-state index in [9.17, 15) is 9.59 Å². The van der Waals surface area contributed by atoms with Crippen molar-refractivity contribution in [1.29, 1.82) is 0 Å². The zero-order chi connectivity index (χ0) is 15.9. The van der Waals surface area contributed by atoms with Crippen LogP contribution in [0.1, 0.15) is 37.2 Å². The largest absolute Gasteiger partial charge is 0.461 e. The highest BCUT2D eigenvalue weighted by atomic mass is 16.3. The van der Waals surface area contributed by atoms with Crippen LogP contribution in [0.25, 0.3) is 0 Å². The number of urea groups is 1. The fraction of sp³-hybridized carbons (Fsp3) is 0.625. The van der Waals surface area contributed by atoms with E-state index in [1.807, 2.05) is 4.90 Å². The minimum atomic E-state index is -0.0140. The summed E-state index contributed by atoms with van der Waals surface area (Å²) in [5.41, 5.74) is 0. The van der Waals surface area contributed by atoms with Crippen molar-refractivity contribution in [1.82, 2.24) is 15.1 Å². The fourth-order valence-electron chi connectivity index (χ4n) is 2.59. The van der Waals surface area contributed by atoms with Gasteiger partial charge in [0.1, 0.15) is 0 Å². The van der Waals surface area contributed by atoms with E-state index >= 15 is 0 Å². The molecule has 0 unspecified atom stereocenters. The number of hydrogen-bond donors (Lipinski definition) is 1. The Morgan fingerprint density at radius 2 is 1.91 bits per heavy atom. The van der Waals surface area contributed by atoms with E-state index in [0.29, 0.717) is 38.5 Å². The molecule has 1 aliphatic rings. The minimum absolute atomic E-state index is 0.00529. The van der Waals surface area contributed by atoms with E-state index in [2.05, 4.69) is 24.1 Å². The summed E-state index contributed by atoms with van der Waals surface area (Å²) in [7, 11) is 0. The lowest BCUT2D eigenvalue weighted by Crippen LogP contribution is -2.54. The number of Topliss-reactive ketones (excluding diaryl/α,β-unsaturated/α-hetero) is 1. The Hall–Kier alpha value is -1.82. The number of piperazine rings is 1. The molecule has 1 N–H and O–H groups in total. The number of nitrogens with one attached hydrogen (secondary N) is 1. The molecular formula is C16H25N3O3. The van der Waals surface area contributed by atoms with E-state index in [1.165, 1.54) is 6.26 Å².